The molecule has 0 spiro atoms. The lowest BCUT2D eigenvalue weighted by Crippen LogP contribution is -2.35. The van der Waals surface area contributed by atoms with Crippen LogP contribution in [0.25, 0.3) is 5.69 Å². The number of carbonyl (C=O) groups excluding carboxylic acids is 2. The van der Waals surface area contributed by atoms with Crippen LogP contribution in [0.3, 0.4) is 0 Å². The number of hydrogen-bond acceptors (Lipinski definition) is 6. The molecule has 0 fully saturated rings. The van der Waals surface area contributed by atoms with Gasteiger partial charge < -0.3 is 20.5 Å². The van der Waals surface area contributed by atoms with Crippen LogP contribution >= 0.6 is 0 Å². The highest BCUT2D eigenvalue weighted by Crippen LogP contribution is 2.25. The van der Waals surface area contributed by atoms with Gasteiger partial charge in [-0.2, -0.15) is 0 Å². The molecule has 2 rings (SSSR count). The highest BCUT2D eigenvalue weighted by molar-refractivity contribution is 5.95. The van der Waals surface area contributed by atoms with E-state index in [2.05, 4.69) is 27.5 Å². The van der Waals surface area contributed by atoms with Crippen LogP contribution < -0.4 is 15.4 Å². The van der Waals surface area contributed by atoms with Crippen molar-refractivity contribution in [2.75, 3.05) is 19.8 Å². The van der Waals surface area contributed by atoms with Gasteiger partial charge in [0.25, 0.3) is 11.8 Å². The predicted octanol–water partition coefficient (Wildman–Crippen LogP) is 1.47. The second kappa shape index (κ2) is 11.0. The Hall–Kier alpha value is -3.20. The third-order valence-electron chi connectivity index (χ3n) is 3.99. The summed E-state index contributed by atoms with van der Waals surface area (Å²) in [5.41, 5.74) is 1.12. The summed E-state index contributed by atoms with van der Waals surface area (Å²) < 4.78 is 7.28. The van der Waals surface area contributed by atoms with Crippen LogP contribution in [0.15, 0.2) is 37.1 Å². The zero-order valence-corrected chi connectivity index (χ0v) is 16.7. The molecule has 3 N–H and O–H groups in total. The molecule has 0 aliphatic rings. The molecule has 29 heavy (non-hydrogen) atoms. The summed E-state index contributed by atoms with van der Waals surface area (Å²) in [5, 5.41) is 22.3. The van der Waals surface area contributed by atoms with Gasteiger partial charge in [-0.15, -0.1) is 11.7 Å². The summed E-state index contributed by atoms with van der Waals surface area (Å²) in [7, 11) is 0. The number of benzene rings is 1. The van der Waals surface area contributed by atoms with Crippen molar-refractivity contribution >= 4 is 11.8 Å². The minimum atomic E-state index is -0.440. The third kappa shape index (κ3) is 6.15. The molecule has 0 saturated carbocycles. The minimum Gasteiger partial charge on any atom is -0.491 e. The molecular formula is C20H27N5O4. The van der Waals surface area contributed by atoms with E-state index in [9.17, 15) is 9.59 Å². The van der Waals surface area contributed by atoms with Crippen molar-refractivity contribution in [3.63, 3.8) is 0 Å². The summed E-state index contributed by atoms with van der Waals surface area (Å²) in [5.74, 6) is -0.185. The smallest absolute Gasteiger partial charge is 0.273 e. The Labute approximate surface area is 169 Å². The third-order valence-corrected chi connectivity index (χ3v) is 3.99. The molecule has 1 aromatic carbocycles. The number of allylic oxidation sites excluding steroid dienone is 1. The molecule has 0 aliphatic heterocycles. The van der Waals surface area contributed by atoms with Gasteiger partial charge in [0.2, 0.25) is 0 Å². The number of ether oxygens (including phenoxy) is 1. The number of rotatable bonds is 11. The molecule has 1 unspecified atom stereocenters. The zero-order chi connectivity index (χ0) is 21.2. The fourth-order valence-electron chi connectivity index (χ4n) is 2.46. The van der Waals surface area contributed by atoms with E-state index in [4.69, 9.17) is 9.84 Å². The number of amides is 2. The van der Waals surface area contributed by atoms with Gasteiger partial charge in [0.05, 0.1) is 19.4 Å². The first-order chi connectivity index (χ1) is 14.0. The lowest BCUT2D eigenvalue weighted by Gasteiger charge is -2.13. The van der Waals surface area contributed by atoms with Crippen LogP contribution in [0.2, 0.25) is 0 Å². The first-order valence-corrected chi connectivity index (χ1v) is 9.50. The maximum absolute atomic E-state index is 12.2. The largest absolute Gasteiger partial charge is 0.491 e. The average Bonchev–Trinajstić information content (AvgIpc) is 3.21. The molecule has 156 valence electrons. The zero-order valence-electron chi connectivity index (χ0n) is 16.7. The van der Waals surface area contributed by atoms with E-state index in [-0.39, 0.29) is 18.2 Å². The van der Waals surface area contributed by atoms with E-state index < -0.39 is 11.9 Å². The van der Waals surface area contributed by atoms with Crippen LogP contribution in [0.1, 0.15) is 47.5 Å². The van der Waals surface area contributed by atoms with Gasteiger partial charge in [0, 0.05) is 18.2 Å². The second-order valence-electron chi connectivity index (χ2n) is 6.43. The van der Waals surface area contributed by atoms with E-state index in [1.807, 2.05) is 13.0 Å². The quantitative estimate of drug-likeness (QED) is 0.388. The molecule has 1 aromatic heterocycles. The highest BCUT2D eigenvalue weighted by Gasteiger charge is 2.17. The second-order valence-corrected chi connectivity index (χ2v) is 6.43. The van der Waals surface area contributed by atoms with Crippen LogP contribution in [0.4, 0.5) is 0 Å². The number of nitrogens with one attached hydrogen (secondary N) is 2. The first kappa shape index (κ1) is 22.1. The Morgan fingerprint density at radius 2 is 2.17 bits per heavy atom. The monoisotopic (exact) mass is 401 g/mol. The number of carbonyl (C=O) groups is 2. The molecule has 1 heterocycles. The number of aliphatic hydroxyl groups excluding tert-OH is 1. The van der Waals surface area contributed by atoms with Crippen molar-refractivity contribution < 1.29 is 19.4 Å². The lowest BCUT2D eigenvalue weighted by atomic mass is 10.1. The maximum Gasteiger partial charge on any atom is 0.273 e. The van der Waals surface area contributed by atoms with Crippen molar-refractivity contribution in [1.29, 1.82) is 0 Å². The Bertz CT molecular complexity index is 849. The van der Waals surface area contributed by atoms with E-state index in [1.165, 1.54) is 10.9 Å². The van der Waals surface area contributed by atoms with Crippen molar-refractivity contribution in [2.24, 2.45) is 0 Å². The van der Waals surface area contributed by atoms with E-state index in [0.717, 1.165) is 12.8 Å². The maximum atomic E-state index is 12.2. The fraction of sp³-hybridized carbons (Fsp3) is 0.400. The molecule has 2 aromatic rings. The molecule has 0 bridgehead atoms. The minimum absolute atomic E-state index is 0.107. The molecule has 0 radical (unpaired) electrons. The van der Waals surface area contributed by atoms with Crippen molar-refractivity contribution in [1.82, 2.24) is 25.6 Å². The summed E-state index contributed by atoms with van der Waals surface area (Å²) in [4.78, 5) is 24.3. The molecule has 0 saturated heterocycles. The SMILES string of the molecule is C=CCCCOc1cc(C(=O)NCC)ccc1-n1cc(C(=O)NC(C)CO)nn1. The standard InChI is InChI=1S/C20H27N5O4/c1-4-6-7-10-29-18-11-15(19(27)21-5-2)8-9-17(18)25-12-16(23-24-25)20(28)22-14(3)13-26/h4,8-9,11-12,14,26H,1,5-7,10,13H2,2-3H3,(H,21,27)(H,22,28). The highest BCUT2D eigenvalue weighted by atomic mass is 16.5. The Morgan fingerprint density at radius 3 is 2.86 bits per heavy atom. The van der Waals surface area contributed by atoms with E-state index in [1.54, 1.807) is 25.1 Å². The van der Waals surface area contributed by atoms with Gasteiger partial charge in [-0.3, -0.25) is 9.59 Å². The van der Waals surface area contributed by atoms with Gasteiger partial charge in [0.1, 0.15) is 11.4 Å². The normalized spacial score (nSPS) is 11.6. The van der Waals surface area contributed by atoms with E-state index in [0.29, 0.717) is 30.2 Å². The topological polar surface area (TPSA) is 118 Å². The Balaban J connectivity index is 2.28. The molecule has 0 aliphatic carbocycles. The van der Waals surface area contributed by atoms with E-state index >= 15 is 0 Å². The van der Waals surface area contributed by atoms with Gasteiger partial charge in [-0.05, 0) is 44.9 Å². The number of nitrogens with zero attached hydrogens (tertiary/aromatic N) is 3. The molecular weight excluding hydrogens is 374 g/mol. The van der Waals surface area contributed by atoms with Crippen LogP contribution in [-0.2, 0) is 0 Å². The van der Waals surface area contributed by atoms with Gasteiger partial charge >= 0.3 is 0 Å². The van der Waals surface area contributed by atoms with Gasteiger partial charge in [0.15, 0.2) is 5.69 Å². The van der Waals surface area contributed by atoms with Crippen molar-refractivity contribution in [3.05, 3.63) is 48.3 Å². The van der Waals surface area contributed by atoms with Crippen molar-refractivity contribution in [2.45, 2.75) is 32.7 Å². The molecule has 1 atom stereocenters. The Kier molecular flexibility index (Phi) is 8.35. The summed E-state index contributed by atoms with van der Waals surface area (Å²) >= 11 is 0. The van der Waals surface area contributed by atoms with Crippen molar-refractivity contribution in [3.8, 4) is 11.4 Å². The van der Waals surface area contributed by atoms with Crippen LogP contribution in [0.5, 0.6) is 5.75 Å². The van der Waals surface area contributed by atoms with Gasteiger partial charge in [-0.1, -0.05) is 11.3 Å². The average molecular weight is 401 g/mol. The molecule has 9 heteroatoms. The number of aromatic nitrogens is 3. The Morgan fingerprint density at radius 1 is 1.38 bits per heavy atom. The fourth-order valence-corrected chi connectivity index (χ4v) is 2.46. The van der Waals surface area contributed by atoms with Crippen LogP contribution in [-0.4, -0.2) is 57.7 Å². The lowest BCUT2D eigenvalue weighted by molar-refractivity contribution is 0.0915. The summed E-state index contributed by atoms with van der Waals surface area (Å²) in [6, 6.07) is 4.60. The number of unbranched alkanes of at least 4 members (excludes halogenated alkanes) is 1. The van der Waals surface area contributed by atoms with Crippen LogP contribution in [0, 0.1) is 0 Å². The summed E-state index contributed by atoms with van der Waals surface area (Å²) in [6.07, 6.45) is 4.86. The number of hydrogen-bond donors (Lipinski definition) is 3. The predicted molar refractivity (Wildman–Crippen MR) is 108 cm³/mol. The van der Waals surface area contributed by atoms with Gasteiger partial charge in [-0.25, -0.2) is 4.68 Å². The number of aliphatic hydroxyl groups is 1. The summed E-state index contributed by atoms with van der Waals surface area (Å²) in [6.45, 7) is 7.99. The molecule has 2 amide bonds. The molecule has 9 nitrogen and oxygen atoms in total. The first-order valence-electron chi connectivity index (χ1n) is 9.50.